The van der Waals surface area contributed by atoms with Crippen LogP contribution in [-0.2, 0) is 0 Å². The molecule has 6 heteroatoms. The van der Waals surface area contributed by atoms with Gasteiger partial charge in [-0.25, -0.2) is 4.98 Å². The molecule has 1 aliphatic heterocycles. The number of thiophene rings is 1. The second-order valence-corrected chi connectivity index (χ2v) is 8.19. The molecule has 4 rings (SSSR count). The van der Waals surface area contributed by atoms with Crippen molar-refractivity contribution in [3.63, 3.8) is 0 Å². The fourth-order valence-electron chi connectivity index (χ4n) is 3.54. The van der Waals surface area contributed by atoms with Crippen molar-refractivity contribution in [3.8, 4) is 17.0 Å². The van der Waals surface area contributed by atoms with E-state index in [1.165, 1.54) is 10.1 Å². The third-order valence-corrected chi connectivity index (χ3v) is 6.10. The largest absolute Gasteiger partial charge is 0.491 e. The van der Waals surface area contributed by atoms with Crippen LogP contribution < -0.4 is 9.64 Å². The minimum absolute atomic E-state index is 0.298. The third kappa shape index (κ3) is 4.14. The number of fused-ring (bicyclic) bond motifs is 1. The molecule has 0 radical (unpaired) electrons. The van der Waals surface area contributed by atoms with Gasteiger partial charge in [-0.1, -0.05) is 6.92 Å². The molecule has 0 bridgehead atoms. The standard InChI is InChI=1S/C22H27N3O2S/c1-3-24-9-11-25(12-10-24)22-21-18(8-13-28-21)14-20(23-22)17-4-6-19(7-5-17)27-15-16(2)26/h4-8,13-14,16,26H,3,9-12,15H2,1-2H3/t16-/m1/s1. The molecule has 3 aromatic rings. The summed E-state index contributed by atoms with van der Waals surface area (Å²) < 4.78 is 6.84. The van der Waals surface area contributed by atoms with Crippen LogP contribution in [0.2, 0.25) is 0 Å². The minimum atomic E-state index is -0.474. The van der Waals surface area contributed by atoms with Crippen molar-refractivity contribution in [2.45, 2.75) is 20.0 Å². The normalized spacial score (nSPS) is 16.5. The lowest BCUT2D eigenvalue weighted by molar-refractivity contribution is 0.123. The third-order valence-electron chi connectivity index (χ3n) is 5.18. The molecule has 148 valence electrons. The van der Waals surface area contributed by atoms with E-state index in [1.807, 2.05) is 24.3 Å². The van der Waals surface area contributed by atoms with E-state index < -0.39 is 6.10 Å². The summed E-state index contributed by atoms with van der Waals surface area (Å²) in [5, 5.41) is 12.8. The van der Waals surface area contributed by atoms with Crippen LogP contribution in [-0.4, -0.2) is 60.4 Å². The van der Waals surface area contributed by atoms with Crippen LogP contribution in [0.1, 0.15) is 13.8 Å². The van der Waals surface area contributed by atoms with Crippen LogP contribution >= 0.6 is 11.3 Å². The Labute approximate surface area is 170 Å². The van der Waals surface area contributed by atoms with E-state index in [-0.39, 0.29) is 0 Å². The van der Waals surface area contributed by atoms with Gasteiger partial charge >= 0.3 is 0 Å². The van der Waals surface area contributed by atoms with Gasteiger partial charge in [0.05, 0.1) is 16.5 Å². The molecule has 0 unspecified atom stereocenters. The molecular weight excluding hydrogens is 370 g/mol. The highest BCUT2D eigenvalue weighted by Crippen LogP contribution is 2.34. The van der Waals surface area contributed by atoms with E-state index in [0.717, 1.165) is 55.5 Å². The van der Waals surface area contributed by atoms with Gasteiger partial charge in [-0.15, -0.1) is 11.3 Å². The number of ether oxygens (including phenoxy) is 1. The second kappa shape index (κ2) is 8.47. The van der Waals surface area contributed by atoms with Crippen LogP contribution in [0, 0.1) is 0 Å². The molecule has 1 saturated heterocycles. The second-order valence-electron chi connectivity index (χ2n) is 7.28. The lowest BCUT2D eigenvalue weighted by atomic mass is 10.1. The first-order valence-electron chi connectivity index (χ1n) is 9.91. The van der Waals surface area contributed by atoms with Gasteiger partial charge in [0.1, 0.15) is 18.2 Å². The van der Waals surface area contributed by atoms with Crippen LogP contribution in [0.3, 0.4) is 0 Å². The first-order chi connectivity index (χ1) is 13.6. The van der Waals surface area contributed by atoms with Gasteiger partial charge in [0, 0.05) is 31.7 Å². The maximum atomic E-state index is 9.37. The Morgan fingerprint density at radius 1 is 1.14 bits per heavy atom. The maximum absolute atomic E-state index is 9.37. The van der Waals surface area contributed by atoms with Gasteiger partial charge in [-0.2, -0.15) is 0 Å². The predicted octanol–water partition coefficient (Wildman–Crippen LogP) is 3.86. The topological polar surface area (TPSA) is 48.8 Å². The number of aliphatic hydroxyl groups is 1. The van der Waals surface area contributed by atoms with Gasteiger partial charge in [0.25, 0.3) is 0 Å². The van der Waals surface area contributed by atoms with Gasteiger partial charge in [-0.3, -0.25) is 0 Å². The molecule has 1 N–H and O–H groups in total. The Kier molecular flexibility index (Phi) is 5.80. The highest BCUT2D eigenvalue weighted by Gasteiger charge is 2.20. The van der Waals surface area contributed by atoms with Gasteiger partial charge < -0.3 is 19.6 Å². The highest BCUT2D eigenvalue weighted by atomic mass is 32.1. The van der Waals surface area contributed by atoms with Crippen molar-refractivity contribution in [2.24, 2.45) is 0 Å². The van der Waals surface area contributed by atoms with Crippen LogP contribution in [0.4, 0.5) is 5.82 Å². The van der Waals surface area contributed by atoms with E-state index in [4.69, 9.17) is 9.72 Å². The fraction of sp³-hybridized carbons (Fsp3) is 0.409. The average Bonchev–Trinajstić information content (AvgIpc) is 3.21. The Bertz CT molecular complexity index is 915. The summed E-state index contributed by atoms with van der Waals surface area (Å²) in [5.74, 6) is 1.87. The van der Waals surface area contributed by atoms with Crippen LogP contribution in [0.5, 0.6) is 5.75 Å². The van der Waals surface area contributed by atoms with Gasteiger partial charge in [0.15, 0.2) is 0 Å². The highest BCUT2D eigenvalue weighted by molar-refractivity contribution is 7.17. The number of hydrogen-bond acceptors (Lipinski definition) is 6. The van der Waals surface area contributed by atoms with E-state index in [9.17, 15) is 5.11 Å². The first-order valence-corrected chi connectivity index (χ1v) is 10.8. The molecule has 2 aromatic heterocycles. The Morgan fingerprint density at radius 3 is 2.57 bits per heavy atom. The molecule has 1 atom stereocenters. The number of benzene rings is 1. The van der Waals surface area contributed by atoms with Crippen molar-refractivity contribution >= 4 is 27.2 Å². The van der Waals surface area contributed by atoms with E-state index >= 15 is 0 Å². The smallest absolute Gasteiger partial charge is 0.147 e. The van der Waals surface area contributed by atoms with E-state index in [1.54, 1.807) is 18.3 Å². The zero-order valence-electron chi connectivity index (χ0n) is 16.5. The number of hydrogen-bond donors (Lipinski definition) is 1. The number of rotatable bonds is 6. The molecular formula is C22H27N3O2S. The number of aromatic nitrogens is 1. The summed E-state index contributed by atoms with van der Waals surface area (Å²) in [4.78, 5) is 9.97. The molecule has 0 saturated carbocycles. The Balaban J connectivity index is 1.61. The predicted molar refractivity (Wildman–Crippen MR) is 117 cm³/mol. The van der Waals surface area contributed by atoms with Crippen molar-refractivity contribution in [1.29, 1.82) is 0 Å². The van der Waals surface area contributed by atoms with E-state index in [0.29, 0.717) is 6.61 Å². The molecule has 1 fully saturated rings. The quantitative estimate of drug-likeness (QED) is 0.684. The van der Waals surface area contributed by atoms with Crippen molar-refractivity contribution < 1.29 is 9.84 Å². The monoisotopic (exact) mass is 397 g/mol. The number of pyridine rings is 1. The summed E-state index contributed by atoms with van der Waals surface area (Å²) >= 11 is 1.77. The summed E-state index contributed by atoms with van der Waals surface area (Å²) in [6.45, 7) is 9.56. The Hall–Kier alpha value is -2.15. The molecule has 1 aliphatic rings. The lowest BCUT2D eigenvalue weighted by Crippen LogP contribution is -2.46. The van der Waals surface area contributed by atoms with Crippen molar-refractivity contribution in [1.82, 2.24) is 9.88 Å². The molecule has 28 heavy (non-hydrogen) atoms. The lowest BCUT2D eigenvalue weighted by Gasteiger charge is -2.35. The van der Waals surface area contributed by atoms with Crippen molar-refractivity contribution in [2.75, 3.05) is 44.2 Å². The zero-order valence-corrected chi connectivity index (χ0v) is 17.3. The summed E-state index contributed by atoms with van der Waals surface area (Å²) in [6.07, 6.45) is -0.474. The zero-order chi connectivity index (χ0) is 19.5. The summed E-state index contributed by atoms with van der Waals surface area (Å²) in [7, 11) is 0. The molecule has 1 aromatic carbocycles. The molecule has 0 spiro atoms. The van der Waals surface area contributed by atoms with E-state index in [2.05, 4.69) is 34.2 Å². The maximum Gasteiger partial charge on any atom is 0.147 e. The van der Waals surface area contributed by atoms with Crippen LogP contribution in [0.15, 0.2) is 41.8 Å². The number of nitrogens with zero attached hydrogens (tertiary/aromatic N) is 3. The van der Waals surface area contributed by atoms with Crippen LogP contribution in [0.25, 0.3) is 21.3 Å². The SMILES string of the molecule is CCN1CCN(c2nc(-c3ccc(OC[C@@H](C)O)cc3)cc3ccsc23)CC1. The summed E-state index contributed by atoms with van der Waals surface area (Å²) in [5.41, 5.74) is 2.06. The Morgan fingerprint density at radius 2 is 1.89 bits per heavy atom. The summed E-state index contributed by atoms with van der Waals surface area (Å²) in [6, 6.07) is 12.3. The number of likely N-dealkylation sites (N-methyl/N-ethyl adjacent to an activating group) is 1. The van der Waals surface area contributed by atoms with Crippen molar-refractivity contribution in [3.05, 3.63) is 41.8 Å². The molecule has 5 nitrogen and oxygen atoms in total. The molecule has 0 aliphatic carbocycles. The number of aliphatic hydroxyl groups excluding tert-OH is 1. The molecule has 0 amide bonds. The fourth-order valence-corrected chi connectivity index (χ4v) is 4.43. The van der Waals surface area contributed by atoms with Gasteiger partial charge in [0.2, 0.25) is 0 Å². The molecule has 3 heterocycles. The minimum Gasteiger partial charge on any atom is -0.491 e. The number of anilines is 1. The number of piperazine rings is 1. The van der Waals surface area contributed by atoms with Gasteiger partial charge in [-0.05, 0) is 60.6 Å². The average molecular weight is 398 g/mol. The first kappa shape index (κ1) is 19.2.